The molecule has 12 heteroatoms. The highest BCUT2D eigenvalue weighted by Crippen LogP contribution is 2.34. The number of sulfonamides is 1. The minimum Gasteiger partial charge on any atom is -0.354 e. The van der Waals surface area contributed by atoms with Crippen LogP contribution in [0.4, 0.5) is 5.69 Å². The lowest BCUT2D eigenvalue weighted by Crippen LogP contribution is -2.51. The van der Waals surface area contributed by atoms with Gasteiger partial charge in [-0.25, -0.2) is 8.42 Å². The summed E-state index contributed by atoms with van der Waals surface area (Å²) in [5.41, 5.74) is 1.29. The number of carbonyl (C=O) groups is 2. The minimum absolute atomic E-state index is 0.0157. The SMILES string of the molecule is CCCNC(=O)C(C)N(Cc1c(Cl)cccc1Cl)C(=O)CN(c1cc(Cl)ccc1Cl)S(=O)(=O)c1ccc(C)cc1. The van der Waals surface area contributed by atoms with E-state index in [1.807, 2.05) is 13.8 Å². The molecule has 0 radical (unpaired) electrons. The number of aryl methyl sites for hydroxylation is 1. The summed E-state index contributed by atoms with van der Waals surface area (Å²) >= 11 is 25.4. The van der Waals surface area contributed by atoms with Crippen molar-refractivity contribution in [3.05, 3.63) is 91.9 Å². The Morgan fingerprint density at radius 2 is 1.55 bits per heavy atom. The Labute approximate surface area is 255 Å². The Balaban J connectivity index is 2.10. The van der Waals surface area contributed by atoms with Crippen LogP contribution in [0.2, 0.25) is 20.1 Å². The van der Waals surface area contributed by atoms with Crippen molar-refractivity contribution in [3.63, 3.8) is 0 Å². The van der Waals surface area contributed by atoms with Gasteiger partial charge < -0.3 is 10.2 Å². The van der Waals surface area contributed by atoms with Crippen LogP contribution in [-0.2, 0) is 26.2 Å². The second-order valence-corrected chi connectivity index (χ2v) is 12.6. The van der Waals surface area contributed by atoms with Gasteiger partial charge in [0.25, 0.3) is 10.0 Å². The van der Waals surface area contributed by atoms with Gasteiger partial charge in [-0.2, -0.15) is 0 Å². The van der Waals surface area contributed by atoms with Crippen LogP contribution >= 0.6 is 46.4 Å². The van der Waals surface area contributed by atoms with Gasteiger partial charge in [-0.3, -0.25) is 13.9 Å². The lowest BCUT2D eigenvalue weighted by molar-refractivity contribution is -0.139. The van der Waals surface area contributed by atoms with Crippen LogP contribution in [0, 0.1) is 6.92 Å². The van der Waals surface area contributed by atoms with Crippen LogP contribution < -0.4 is 9.62 Å². The summed E-state index contributed by atoms with van der Waals surface area (Å²) < 4.78 is 28.7. The van der Waals surface area contributed by atoms with Gasteiger partial charge in [-0.1, -0.05) is 77.1 Å². The predicted octanol–water partition coefficient (Wildman–Crippen LogP) is 6.75. The normalized spacial score (nSPS) is 12.1. The predicted molar refractivity (Wildman–Crippen MR) is 162 cm³/mol. The second-order valence-electron chi connectivity index (χ2n) is 9.11. The van der Waals surface area contributed by atoms with Crippen LogP contribution in [0.25, 0.3) is 0 Å². The van der Waals surface area contributed by atoms with E-state index in [4.69, 9.17) is 46.4 Å². The van der Waals surface area contributed by atoms with E-state index >= 15 is 0 Å². The van der Waals surface area contributed by atoms with Crippen molar-refractivity contribution in [1.82, 2.24) is 10.2 Å². The van der Waals surface area contributed by atoms with Gasteiger partial charge in [0.15, 0.2) is 0 Å². The highest BCUT2D eigenvalue weighted by atomic mass is 35.5. The molecule has 0 spiro atoms. The quantitative estimate of drug-likeness (QED) is 0.250. The number of anilines is 1. The molecule has 1 atom stereocenters. The van der Waals surface area contributed by atoms with E-state index in [9.17, 15) is 18.0 Å². The molecule has 0 aliphatic carbocycles. The molecule has 1 unspecified atom stereocenters. The summed E-state index contributed by atoms with van der Waals surface area (Å²) in [6.45, 7) is 4.88. The summed E-state index contributed by atoms with van der Waals surface area (Å²) in [6.07, 6.45) is 0.693. The number of hydrogen-bond donors (Lipinski definition) is 1. The van der Waals surface area contributed by atoms with Crippen molar-refractivity contribution < 1.29 is 18.0 Å². The summed E-state index contributed by atoms with van der Waals surface area (Å²) in [7, 11) is -4.30. The molecule has 0 bridgehead atoms. The van der Waals surface area contributed by atoms with E-state index < -0.39 is 34.4 Å². The van der Waals surface area contributed by atoms with E-state index in [2.05, 4.69) is 5.32 Å². The van der Waals surface area contributed by atoms with E-state index in [-0.39, 0.29) is 27.2 Å². The van der Waals surface area contributed by atoms with Gasteiger partial charge in [0, 0.05) is 33.7 Å². The van der Waals surface area contributed by atoms with Crippen molar-refractivity contribution in [2.24, 2.45) is 0 Å². The molecule has 0 fully saturated rings. The second kappa shape index (κ2) is 13.9. The maximum Gasteiger partial charge on any atom is 0.264 e. The zero-order valence-electron chi connectivity index (χ0n) is 22.1. The van der Waals surface area contributed by atoms with Crippen molar-refractivity contribution in [2.75, 3.05) is 17.4 Å². The van der Waals surface area contributed by atoms with Crippen molar-refractivity contribution >= 4 is 73.9 Å². The minimum atomic E-state index is -4.30. The topological polar surface area (TPSA) is 86.8 Å². The smallest absolute Gasteiger partial charge is 0.264 e. The number of carbonyl (C=O) groups excluding carboxylic acids is 2. The zero-order valence-corrected chi connectivity index (χ0v) is 26.0. The zero-order chi connectivity index (χ0) is 29.6. The highest BCUT2D eigenvalue weighted by molar-refractivity contribution is 7.92. The molecule has 2 amide bonds. The van der Waals surface area contributed by atoms with E-state index in [1.54, 1.807) is 37.3 Å². The molecule has 0 aromatic heterocycles. The first kappa shape index (κ1) is 32.0. The Hall–Kier alpha value is -2.49. The fourth-order valence-corrected chi connectivity index (χ4v) is 6.24. The number of amides is 2. The molecule has 3 rings (SSSR count). The lowest BCUT2D eigenvalue weighted by Gasteiger charge is -2.32. The monoisotopic (exact) mass is 643 g/mol. The Kier molecular flexibility index (Phi) is 11.1. The molecular formula is C28H29Cl4N3O4S. The third kappa shape index (κ3) is 7.62. The fraction of sp³-hybridized carbons (Fsp3) is 0.286. The molecule has 3 aromatic rings. The third-order valence-corrected chi connectivity index (χ3v) is 9.21. The molecule has 40 heavy (non-hydrogen) atoms. The molecule has 0 aliphatic heterocycles. The number of rotatable bonds is 11. The molecule has 3 aromatic carbocycles. The van der Waals surface area contributed by atoms with Crippen molar-refractivity contribution in [1.29, 1.82) is 0 Å². The molecule has 7 nitrogen and oxygen atoms in total. The van der Waals surface area contributed by atoms with Gasteiger partial charge in [0.05, 0.1) is 15.6 Å². The molecule has 0 saturated carbocycles. The molecule has 214 valence electrons. The number of hydrogen-bond acceptors (Lipinski definition) is 4. The Morgan fingerprint density at radius 1 is 0.925 bits per heavy atom. The van der Waals surface area contributed by atoms with Crippen molar-refractivity contribution in [2.45, 2.75) is 44.7 Å². The first-order chi connectivity index (χ1) is 18.9. The van der Waals surface area contributed by atoms with Gasteiger partial charge in [-0.05, 0) is 62.7 Å². The first-order valence-electron chi connectivity index (χ1n) is 12.4. The molecule has 0 heterocycles. The van der Waals surface area contributed by atoms with Gasteiger partial charge in [-0.15, -0.1) is 0 Å². The van der Waals surface area contributed by atoms with E-state index in [0.717, 1.165) is 9.87 Å². The standard InChI is InChI=1S/C28H29Cl4N3O4S/c1-4-14-33-28(37)19(3)34(16-22-23(30)6-5-7-24(22)31)27(36)17-35(26-15-20(29)10-13-25(26)32)40(38,39)21-11-8-18(2)9-12-21/h5-13,15,19H,4,14,16-17H2,1-3H3,(H,33,37). The Morgan fingerprint density at radius 3 is 2.15 bits per heavy atom. The lowest BCUT2D eigenvalue weighted by atomic mass is 10.1. The third-order valence-electron chi connectivity index (χ3n) is 6.17. The van der Waals surface area contributed by atoms with Crippen LogP contribution in [0.5, 0.6) is 0 Å². The van der Waals surface area contributed by atoms with Crippen LogP contribution in [0.15, 0.2) is 65.6 Å². The highest BCUT2D eigenvalue weighted by Gasteiger charge is 2.34. The summed E-state index contributed by atoms with van der Waals surface area (Å²) in [6, 6.07) is 14.4. The van der Waals surface area contributed by atoms with Crippen molar-refractivity contribution in [3.8, 4) is 0 Å². The fourth-order valence-electron chi connectivity index (χ4n) is 3.86. The van der Waals surface area contributed by atoms with Gasteiger partial charge >= 0.3 is 0 Å². The number of halogens is 4. The maximum atomic E-state index is 14.0. The van der Waals surface area contributed by atoms with Crippen LogP contribution in [0.3, 0.4) is 0 Å². The van der Waals surface area contributed by atoms with E-state index in [1.165, 1.54) is 35.2 Å². The van der Waals surface area contributed by atoms with Crippen LogP contribution in [-0.4, -0.2) is 44.3 Å². The average molecular weight is 645 g/mol. The van der Waals surface area contributed by atoms with Gasteiger partial charge in [0.1, 0.15) is 12.6 Å². The number of benzene rings is 3. The summed E-state index contributed by atoms with van der Waals surface area (Å²) in [4.78, 5) is 28.2. The first-order valence-corrected chi connectivity index (χ1v) is 15.4. The van der Waals surface area contributed by atoms with Crippen LogP contribution in [0.1, 0.15) is 31.4 Å². The molecular weight excluding hydrogens is 616 g/mol. The number of nitrogens with zero attached hydrogens (tertiary/aromatic N) is 2. The Bertz CT molecular complexity index is 1460. The summed E-state index contributed by atoms with van der Waals surface area (Å²) in [5, 5.41) is 3.67. The summed E-state index contributed by atoms with van der Waals surface area (Å²) in [5.74, 6) is -1.09. The van der Waals surface area contributed by atoms with Gasteiger partial charge in [0.2, 0.25) is 11.8 Å². The largest absolute Gasteiger partial charge is 0.354 e. The molecule has 1 N–H and O–H groups in total. The number of nitrogens with one attached hydrogen (secondary N) is 1. The average Bonchev–Trinajstić information content (AvgIpc) is 2.91. The van der Waals surface area contributed by atoms with E-state index in [0.29, 0.717) is 28.6 Å². The molecule has 0 saturated heterocycles. The molecule has 0 aliphatic rings. The maximum absolute atomic E-state index is 14.0.